The molecule has 1 aromatic carbocycles. The van der Waals surface area contributed by atoms with E-state index in [1.807, 2.05) is 0 Å². The van der Waals surface area contributed by atoms with E-state index >= 15 is 0 Å². The van der Waals surface area contributed by atoms with Gasteiger partial charge in [-0.15, -0.1) is 0 Å². The lowest BCUT2D eigenvalue weighted by molar-refractivity contribution is -0.00486. The lowest BCUT2D eigenvalue weighted by Crippen LogP contribution is -2.42. The third-order valence-electron chi connectivity index (χ3n) is 4.73. The molecule has 3 aromatic rings. The van der Waals surface area contributed by atoms with Gasteiger partial charge in [-0.1, -0.05) is 12.1 Å². The summed E-state index contributed by atoms with van der Waals surface area (Å²) in [4.78, 5) is 12.6. The Bertz CT molecular complexity index is 1140. The van der Waals surface area contributed by atoms with Gasteiger partial charge < -0.3 is 10.1 Å². The highest BCUT2D eigenvalue weighted by molar-refractivity contribution is 7.89. The molecule has 1 aliphatic rings. The van der Waals surface area contributed by atoms with Gasteiger partial charge in [-0.25, -0.2) is 22.8 Å². The molecular weight excluding hydrogens is 409 g/mol. The van der Waals surface area contributed by atoms with Crippen molar-refractivity contribution in [3.05, 3.63) is 72.1 Å². The molecule has 1 saturated heterocycles. The number of pyridine rings is 1. The standard InChI is InChI=1S/C20H20FN5O3S/c1-14-5-6-15(11-16(14)21)30(27,28)26-9-10-29-18(13-26)17-3-2-4-19(24-17)25-20-12-22-7-8-23-20/h2-8,11-12,18H,9-10,13H2,1H3,(H,23,24,25)/t18-/m1/s1. The summed E-state index contributed by atoms with van der Waals surface area (Å²) in [7, 11) is -3.85. The number of aromatic nitrogens is 3. The Morgan fingerprint density at radius 3 is 2.83 bits per heavy atom. The maximum Gasteiger partial charge on any atom is 0.243 e. The molecule has 0 saturated carbocycles. The quantitative estimate of drug-likeness (QED) is 0.666. The molecule has 2 aromatic heterocycles. The van der Waals surface area contributed by atoms with Crippen LogP contribution in [0.25, 0.3) is 0 Å². The Kier molecular flexibility index (Phi) is 5.71. The van der Waals surface area contributed by atoms with E-state index in [2.05, 4.69) is 20.3 Å². The van der Waals surface area contributed by atoms with Gasteiger partial charge in [0.15, 0.2) is 0 Å². The Hall–Kier alpha value is -2.95. The van der Waals surface area contributed by atoms with E-state index in [4.69, 9.17) is 4.74 Å². The molecule has 8 nitrogen and oxygen atoms in total. The van der Waals surface area contributed by atoms with E-state index in [0.29, 0.717) is 22.9 Å². The van der Waals surface area contributed by atoms with Crippen LogP contribution >= 0.6 is 0 Å². The van der Waals surface area contributed by atoms with Gasteiger partial charge in [-0.05, 0) is 36.8 Å². The minimum Gasteiger partial charge on any atom is -0.369 e. The van der Waals surface area contributed by atoms with Crippen LogP contribution in [0.2, 0.25) is 0 Å². The molecule has 0 amide bonds. The van der Waals surface area contributed by atoms with Crippen molar-refractivity contribution in [1.82, 2.24) is 19.3 Å². The number of ether oxygens (including phenoxy) is 1. The summed E-state index contributed by atoms with van der Waals surface area (Å²) in [6, 6.07) is 9.27. The number of nitrogens with one attached hydrogen (secondary N) is 1. The van der Waals surface area contributed by atoms with E-state index in [-0.39, 0.29) is 24.6 Å². The predicted octanol–water partition coefficient (Wildman–Crippen LogP) is 2.82. The number of morpholine rings is 1. The predicted molar refractivity (Wildman–Crippen MR) is 108 cm³/mol. The second-order valence-electron chi connectivity index (χ2n) is 6.80. The summed E-state index contributed by atoms with van der Waals surface area (Å²) in [6.07, 6.45) is 4.15. The van der Waals surface area contributed by atoms with Crippen LogP contribution in [0.4, 0.5) is 16.0 Å². The zero-order valence-electron chi connectivity index (χ0n) is 16.2. The van der Waals surface area contributed by atoms with Gasteiger partial charge in [0.25, 0.3) is 0 Å². The fraction of sp³-hybridized carbons (Fsp3) is 0.250. The number of hydrogen-bond acceptors (Lipinski definition) is 7. The largest absolute Gasteiger partial charge is 0.369 e. The molecule has 0 aliphatic carbocycles. The summed E-state index contributed by atoms with van der Waals surface area (Å²) < 4.78 is 47.0. The number of benzene rings is 1. The normalized spacial score (nSPS) is 17.6. The number of rotatable bonds is 5. The summed E-state index contributed by atoms with van der Waals surface area (Å²) in [5, 5.41) is 3.05. The van der Waals surface area contributed by atoms with Gasteiger partial charge in [-0.2, -0.15) is 4.31 Å². The molecule has 0 spiro atoms. The highest BCUT2D eigenvalue weighted by Gasteiger charge is 2.32. The first-order chi connectivity index (χ1) is 14.4. The smallest absolute Gasteiger partial charge is 0.243 e. The van der Waals surface area contributed by atoms with Crippen molar-refractivity contribution in [3.63, 3.8) is 0 Å². The monoisotopic (exact) mass is 429 g/mol. The number of anilines is 2. The van der Waals surface area contributed by atoms with Gasteiger partial charge in [0.2, 0.25) is 10.0 Å². The molecule has 0 bridgehead atoms. The fourth-order valence-electron chi connectivity index (χ4n) is 3.10. The van der Waals surface area contributed by atoms with E-state index in [0.717, 1.165) is 6.07 Å². The third kappa shape index (κ3) is 4.30. The first-order valence-corrected chi connectivity index (χ1v) is 10.8. The topological polar surface area (TPSA) is 97.3 Å². The second-order valence-corrected chi connectivity index (χ2v) is 8.73. The summed E-state index contributed by atoms with van der Waals surface area (Å²) >= 11 is 0. The van der Waals surface area contributed by atoms with Crippen LogP contribution < -0.4 is 5.32 Å². The number of sulfonamides is 1. The van der Waals surface area contributed by atoms with Gasteiger partial charge in [0.05, 0.1) is 23.4 Å². The zero-order chi connectivity index (χ0) is 21.1. The van der Waals surface area contributed by atoms with Gasteiger partial charge >= 0.3 is 0 Å². The summed E-state index contributed by atoms with van der Waals surface area (Å²) in [5.74, 6) is 0.528. The Morgan fingerprint density at radius 2 is 2.07 bits per heavy atom. The van der Waals surface area contributed by atoms with Gasteiger partial charge in [0.1, 0.15) is 23.6 Å². The molecule has 0 radical (unpaired) electrons. The lowest BCUT2D eigenvalue weighted by Gasteiger charge is -2.32. The molecule has 1 N–H and O–H groups in total. The van der Waals surface area contributed by atoms with E-state index in [1.54, 1.807) is 43.7 Å². The zero-order valence-corrected chi connectivity index (χ0v) is 17.0. The molecule has 1 fully saturated rings. The van der Waals surface area contributed by atoms with Gasteiger partial charge in [-0.3, -0.25) is 4.98 Å². The van der Waals surface area contributed by atoms with Crippen LogP contribution in [-0.2, 0) is 14.8 Å². The molecule has 3 heterocycles. The number of aryl methyl sites for hydroxylation is 1. The fourth-order valence-corrected chi connectivity index (χ4v) is 4.54. The van der Waals surface area contributed by atoms with Crippen LogP contribution in [0.1, 0.15) is 17.4 Å². The minimum atomic E-state index is -3.85. The van der Waals surface area contributed by atoms with Crippen molar-refractivity contribution in [2.75, 3.05) is 25.0 Å². The summed E-state index contributed by atoms with van der Waals surface area (Å²) in [5.41, 5.74) is 0.976. The van der Waals surface area contributed by atoms with E-state index < -0.39 is 21.9 Å². The molecule has 0 unspecified atom stereocenters. The van der Waals surface area contributed by atoms with Crippen LogP contribution in [-0.4, -0.2) is 47.4 Å². The minimum absolute atomic E-state index is 0.0720. The van der Waals surface area contributed by atoms with Crippen molar-refractivity contribution < 1.29 is 17.5 Å². The first kappa shape index (κ1) is 20.3. The third-order valence-corrected chi connectivity index (χ3v) is 6.59. The van der Waals surface area contributed by atoms with Crippen LogP contribution in [0.3, 0.4) is 0 Å². The molecule has 1 atom stereocenters. The number of nitrogens with zero attached hydrogens (tertiary/aromatic N) is 4. The average molecular weight is 429 g/mol. The molecule has 10 heteroatoms. The van der Waals surface area contributed by atoms with Crippen molar-refractivity contribution in [2.24, 2.45) is 0 Å². The molecule has 30 heavy (non-hydrogen) atoms. The van der Waals surface area contributed by atoms with Crippen LogP contribution in [0.15, 0.2) is 59.9 Å². The van der Waals surface area contributed by atoms with Crippen molar-refractivity contribution in [2.45, 2.75) is 17.9 Å². The SMILES string of the molecule is Cc1ccc(S(=O)(=O)N2CCO[C@@H](c3cccc(Nc4cnccn4)n3)C2)cc1F. The molecular formula is C20H20FN5O3S. The van der Waals surface area contributed by atoms with E-state index in [1.165, 1.54) is 16.4 Å². The second kappa shape index (κ2) is 8.42. The Morgan fingerprint density at radius 1 is 1.20 bits per heavy atom. The Balaban J connectivity index is 1.54. The summed E-state index contributed by atoms with van der Waals surface area (Å²) in [6.45, 7) is 2.07. The van der Waals surface area contributed by atoms with Crippen molar-refractivity contribution in [1.29, 1.82) is 0 Å². The molecule has 1 aliphatic heterocycles. The average Bonchev–Trinajstić information content (AvgIpc) is 2.76. The highest BCUT2D eigenvalue weighted by atomic mass is 32.2. The first-order valence-electron chi connectivity index (χ1n) is 9.31. The van der Waals surface area contributed by atoms with Crippen LogP contribution in [0, 0.1) is 12.7 Å². The number of halogens is 1. The molecule has 156 valence electrons. The number of hydrogen-bond donors (Lipinski definition) is 1. The molecule has 4 rings (SSSR count). The Labute approximate surface area is 173 Å². The highest BCUT2D eigenvalue weighted by Crippen LogP contribution is 2.27. The lowest BCUT2D eigenvalue weighted by atomic mass is 10.2. The maximum atomic E-state index is 13.9. The van der Waals surface area contributed by atoms with Crippen LogP contribution in [0.5, 0.6) is 0 Å². The van der Waals surface area contributed by atoms with E-state index in [9.17, 15) is 12.8 Å². The van der Waals surface area contributed by atoms with Crippen molar-refractivity contribution >= 4 is 21.7 Å². The maximum absolute atomic E-state index is 13.9. The van der Waals surface area contributed by atoms with Gasteiger partial charge in [0, 0.05) is 25.5 Å². The van der Waals surface area contributed by atoms with Crippen molar-refractivity contribution in [3.8, 4) is 0 Å².